The lowest BCUT2D eigenvalue weighted by Gasteiger charge is -2.06. The Morgan fingerprint density at radius 2 is 2.22 bits per heavy atom. The Bertz CT molecular complexity index is 402. The fourth-order valence-corrected chi connectivity index (χ4v) is 2.25. The zero-order chi connectivity index (χ0) is 13.4. The van der Waals surface area contributed by atoms with Crippen molar-refractivity contribution in [2.75, 3.05) is 18.6 Å². The minimum Gasteiger partial charge on any atom is -0.313 e. The van der Waals surface area contributed by atoms with Crippen molar-refractivity contribution in [3.8, 4) is 0 Å². The highest BCUT2D eigenvalue weighted by molar-refractivity contribution is 7.98. The Balaban J connectivity index is 2.36. The van der Waals surface area contributed by atoms with Crippen LogP contribution >= 0.6 is 23.4 Å². The molecule has 0 aliphatic carbocycles. The van der Waals surface area contributed by atoms with Crippen LogP contribution in [0.4, 0.5) is 5.69 Å². The number of rotatable bonds is 8. The maximum Gasteiger partial charge on any atom is 0.270 e. The summed E-state index contributed by atoms with van der Waals surface area (Å²) in [4.78, 5) is 10.1. The number of nitro benzene ring substituents is 1. The van der Waals surface area contributed by atoms with E-state index >= 15 is 0 Å². The van der Waals surface area contributed by atoms with Crippen molar-refractivity contribution in [3.05, 3.63) is 38.9 Å². The number of non-ortho nitro benzene ring substituents is 1. The van der Waals surface area contributed by atoms with Crippen LogP contribution < -0.4 is 5.32 Å². The average molecular weight is 289 g/mol. The predicted octanol–water partition coefficient (Wildman–Crippen LogP) is 3.48. The third-order valence-electron chi connectivity index (χ3n) is 2.51. The van der Waals surface area contributed by atoms with Crippen LogP contribution in [0.15, 0.2) is 18.2 Å². The molecule has 0 atom stereocenters. The van der Waals surface area contributed by atoms with Gasteiger partial charge in [0, 0.05) is 18.7 Å². The second kappa shape index (κ2) is 8.34. The molecule has 0 heterocycles. The average Bonchev–Trinajstić information content (AvgIpc) is 2.35. The number of nitrogens with zero attached hydrogens (tertiary/aromatic N) is 1. The van der Waals surface area contributed by atoms with Crippen LogP contribution in [0, 0.1) is 10.1 Å². The van der Waals surface area contributed by atoms with Crippen molar-refractivity contribution in [2.45, 2.75) is 19.4 Å². The number of thioether (sulfide) groups is 1. The molecule has 1 aromatic rings. The minimum absolute atomic E-state index is 0.0312. The van der Waals surface area contributed by atoms with E-state index in [1.54, 1.807) is 6.07 Å². The number of hydrogen-bond donors (Lipinski definition) is 1. The number of nitro groups is 1. The minimum atomic E-state index is -0.439. The summed E-state index contributed by atoms with van der Waals surface area (Å²) < 4.78 is 0. The first-order valence-corrected chi connectivity index (χ1v) is 7.55. The summed E-state index contributed by atoms with van der Waals surface area (Å²) >= 11 is 7.84. The first-order valence-electron chi connectivity index (χ1n) is 5.77. The van der Waals surface area contributed by atoms with Gasteiger partial charge in [0.05, 0.1) is 9.95 Å². The summed E-state index contributed by atoms with van der Waals surface area (Å²) in [6.45, 7) is 1.59. The second-order valence-electron chi connectivity index (χ2n) is 3.91. The molecule has 4 nitrogen and oxygen atoms in total. The Kier molecular flexibility index (Phi) is 7.08. The van der Waals surface area contributed by atoms with Crippen molar-refractivity contribution in [1.29, 1.82) is 0 Å². The van der Waals surface area contributed by atoms with Crippen LogP contribution in [0.2, 0.25) is 5.02 Å². The van der Waals surface area contributed by atoms with E-state index in [1.165, 1.54) is 24.3 Å². The Morgan fingerprint density at radius 1 is 1.44 bits per heavy atom. The molecule has 0 bridgehead atoms. The van der Waals surface area contributed by atoms with E-state index < -0.39 is 4.92 Å². The largest absolute Gasteiger partial charge is 0.313 e. The van der Waals surface area contributed by atoms with E-state index in [-0.39, 0.29) is 5.69 Å². The van der Waals surface area contributed by atoms with Gasteiger partial charge in [0.15, 0.2) is 0 Å². The molecule has 1 rings (SSSR count). The maximum atomic E-state index is 10.6. The van der Waals surface area contributed by atoms with E-state index in [4.69, 9.17) is 11.6 Å². The number of nitrogens with one attached hydrogen (secondary N) is 1. The third kappa shape index (κ3) is 5.25. The SMILES string of the molecule is CSCCCCNCc1ccc([N+](=O)[O-])cc1Cl. The van der Waals surface area contributed by atoms with Crippen molar-refractivity contribution in [1.82, 2.24) is 5.32 Å². The van der Waals surface area contributed by atoms with E-state index in [2.05, 4.69) is 11.6 Å². The lowest BCUT2D eigenvalue weighted by molar-refractivity contribution is -0.384. The standard InChI is InChI=1S/C12H17ClN2O2S/c1-18-7-3-2-6-14-9-10-4-5-11(15(16)17)8-12(10)13/h4-5,8,14H,2-3,6-7,9H2,1H3. The Hall–Kier alpha value is -0.780. The number of halogens is 1. The molecule has 0 aromatic heterocycles. The fourth-order valence-electron chi connectivity index (χ4n) is 1.51. The summed E-state index contributed by atoms with van der Waals surface area (Å²) in [6.07, 6.45) is 4.43. The molecule has 0 saturated carbocycles. The monoisotopic (exact) mass is 288 g/mol. The first kappa shape index (κ1) is 15.3. The van der Waals surface area contributed by atoms with Gasteiger partial charge in [-0.25, -0.2) is 0 Å². The molecule has 0 radical (unpaired) electrons. The van der Waals surface area contributed by atoms with E-state index in [9.17, 15) is 10.1 Å². The van der Waals surface area contributed by atoms with Crippen molar-refractivity contribution in [2.24, 2.45) is 0 Å². The molecule has 0 unspecified atom stereocenters. The van der Waals surface area contributed by atoms with E-state index in [1.807, 2.05) is 11.8 Å². The molecule has 0 amide bonds. The summed E-state index contributed by atoms with van der Waals surface area (Å²) in [5.41, 5.74) is 0.927. The molecule has 1 aromatic carbocycles. The van der Waals surface area contributed by atoms with Gasteiger partial charge in [-0.2, -0.15) is 11.8 Å². The van der Waals surface area contributed by atoms with Crippen LogP contribution in [0.5, 0.6) is 0 Å². The molecule has 6 heteroatoms. The highest BCUT2D eigenvalue weighted by atomic mass is 35.5. The van der Waals surface area contributed by atoms with Gasteiger partial charge < -0.3 is 5.32 Å². The molecule has 1 N–H and O–H groups in total. The van der Waals surface area contributed by atoms with Crippen molar-refractivity contribution < 1.29 is 4.92 Å². The van der Waals surface area contributed by atoms with Gasteiger partial charge >= 0.3 is 0 Å². The second-order valence-corrected chi connectivity index (χ2v) is 5.30. The van der Waals surface area contributed by atoms with Gasteiger partial charge in [-0.05, 0) is 43.0 Å². The maximum absolute atomic E-state index is 10.6. The highest BCUT2D eigenvalue weighted by Gasteiger charge is 2.08. The number of benzene rings is 1. The third-order valence-corrected chi connectivity index (χ3v) is 3.56. The molecule has 18 heavy (non-hydrogen) atoms. The van der Waals surface area contributed by atoms with E-state index in [0.29, 0.717) is 11.6 Å². The molecule has 0 spiro atoms. The lowest BCUT2D eigenvalue weighted by atomic mass is 10.2. The Labute approximate surface area is 116 Å². The van der Waals surface area contributed by atoms with Crippen LogP contribution in [-0.2, 0) is 6.54 Å². The van der Waals surface area contributed by atoms with Gasteiger partial charge in [-0.1, -0.05) is 11.6 Å². The summed E-state index contributed by atoms with van der Waals surface area (Å²) in [6, 6.07) is 4.58. The predicted molar refractivity (Wildman–Crippen MR) is 77.4 cm³/mol. The topological polar surface area (TPSA) is 55.2 Å². The zero-order valence-electron chi connectivity index (χ0n) is 10.3. The molecule has 0 fully saturated rings. The normalized spacial score (nSPS) is 10.6. The summed E-state index contributed by atoms with van der Waals surface area (Å²) in [5.74, 6) is 1.18. The molecule has 0 aliphatic heterocycles. The van der Waals surface area contributed by atoms with Gasteiger partial charge in [0.2, 0.25) is 0 Å². The highest BCUT2D eigenvalue weighted by Crippen LogP contribution is 2.22. The molecular formula is C12H17ClN2O2S. The lowest BCUT2D eigenvalue weighted by Crippen LogP contribution is -2.15. The molecule has 0 saturated heterocycles. The van der Waals surface area contributed by atoms with Crippen LogP contribution in [0.1, 0.15) is 18.4 Å². The van der Waals surface area contributed by atoms with Crippen LogP contribution in [0.3, 0.4) is 0 Å². The van der Waals surface area contributed by atoms with Crippen molar-refractivity contribution in [3.63, 3.8) is 0 Å². The van der Waals surface area contributed by atoms with Gasteiger partial charge in [-0.15, -0.1) is 0 Å². The quantitative estimate of drug-likeness (QED) is 0.452. The summed E-state index contributed by atoms with van der Waals surface area (Å²) in [5, 5.41) is 14.3. The molecule has 100 valence electrons. The molecule has 0 aliphatic rings. The van der Waals surface area contributed by atoms with Gasteiger partial charge in [-0.3, -0.25) is 10.1 Å². The number of hydrogen-bond acceptors (Lipinski definition) is 4. The zero-order valence-corrected chi connectivity index (χ0v) is 11.9. The fraction of sp³-hybridized carbons (Fsp3) is 0.500. The first-order chi connectivity index (χ1) is 8.65. The van der Waals surface area contributed by atoms with E-state index in [0.717, 1.165) is 18.5 Å². The van der Waals surface area contributed by atoms with Crippen LogP contribution in [0.25, 0.3) is 0 Å². The Morgan fingerprint density at radius 3 is 2.83 bits per heavy atom. The van der Waals surface area contributed by atoms with Gasteiger partial charge in [0.1, 0.15) is 0 Å². The smallest absolute Gasteiger partial charge is 0.270 e. The van der Waals surface area contributed by atoms with Crippen LogP contribution in [-0.4, -0.2) is 23.5 Å². The van der Waals surface area contributed by atoms with Crippen molar-refractivity contribution >= 4 is 29.1 Å². The number of unbranched alkanes of at least 4 members (excludes halogenated alkanes) is 1. The van der Waals surface area contributed by atoms with Gasteiger partial charge in [0.25, 0.3) is 5.69 Å². The molecular weight excluding hydrogens is 272 g/mol. The summed E-state index contributed by atoms with van der Waals surface area (Å²) in [7, 11) is 0.